The molecule has 1 fully saturated rings. The highest BCUT2D eigenvalue weighted by atomic mass is 35.5. The number of aromatic nitrogens is 1. The molecule has 16 heavy (non-hydrogen) atoms. The van der Waals surface area contributed by atoms with Crippen LogP contribution in [0.3, 0.4) is 0 Å². The highest BCUT2D eigenvalue weighted by Crippen LogP contribution is 2.26. The Morgan fingerprint density at radius 2 is 2.19 bits per heavy atom. The van der Waals surface area contributed by atoms with Gasteiger partial charge in [-0.15, -0.1) is 0 Å². The maximum absolute atomic E-state index is 10.3. The van der Waals surface area contributed by atoms with Crippen molar-refractivity contribution in [2.75, 3.05) is 0 Å². The van der Waals surface area contributed by atoms with E-state index in [1.54, 1.807) is 12.1 Å². The van der Waals surface area contributed by atoms with E-state index in [0.717, 1.165) is 12.8 Å². The Hall–Kier alpha value is -1.16. The van der Waals surface area contributed by atoms with Crippen molar-refractivity contribution in [3.05, 3.63) is 27.8 Å². The summed E-state index contributed by atoms with van der Waals surface area (Å²) >= 11 is 5.80. The van der Waals surface area contributed by atoms with Gasteiger partial charge in [-0.25, -0.2) is 4.98 Å². The Labute approximate surface area is 98.9 Å². The van der Waals surface area contributed by atoms with Gasteiger partial charge in [-0.1, -0.05) is 16.8 Å². The molecule has 0 radical (unpaired) electrons. The molecule has 1 aromatic heterocycles. The highest BCUT2D eigenvalue weighted by Gasteiger charge is 2.19. The third-order valence-corrected chi connectivity index (χ3v) is 2.93. The monoisotopic (exact) mass is 240 g/mol. The van der Waals surface area contributed by atoms with E-state index in [1.807, 2.05) is 0 Å². The van der Waals surface area contributed by atoms with Gasteiger partial charge in [-0.05, 0) is 37.8 Å². The van der Waals surface area contributed by atoms with Gasteiger partial charge in [0, 0.05) is 5.56 Å². The van der Waals surface area contributed by atoms with Gasteiger partial charge in [-0.3, -0.25) is 0 Å². The number of hydrogen-bond acceptors (Lipinski definition) is 4. The first kappa shape index (κ1) is 11.3. The molecule has 1 aliphatic carbocycles. The lowest BCUT2D eigenvalue weighted by atomic mass is 10.2. The largest absolute Gasteiger partial charge is 0.474 e. The summed E-state index contributed by atoms with van der Waals surface area (Å²) < 4.78 is 5.75. The highest BCUT2D eigenvalue weighted by molar-refractivity contribution is 6.29. The molecule has 0 N–H and O–H groups in total. The van der Waals surface area contributed by atoms with Gasteiger partial charge in [-0.2, -0.15) is 4.91 Å². The Morgan fingerprint density at radius 1 is 1.44 bits per heavy atom. The lowest BCUT2D eigenvalue weighted by Crippen LogP contribution is -2.13. The van der Waals surface area contributed by atoms with Crippen LogP contribution in [0.2, 0.25) is 5.15 Å². The molecule has 1 heterocycles. The van der Waals surface area contributed by atoms with Crippen LogP contribution in [0.25, 0.3) is 0 Å². The zero-order valence-electron chi connectivity index (χ0n) is 8.86. The van der Waals surface area contributed by atoms with Crippen LogP contribution in [0.1, 0.15) is 31.2 Å². The number of pyridine rings is 1. The fraction of sp³-hybridized carbons (Fsp3) is 0.545. The molecular formula is C11H13ClN2O2. The molecule has 0 aliphatic heterocycles. The van der Waals surface area contributed by atoms with Crippen LogP contribution in [0.5, 0.6) is 5.88 Å². The standard InChI is InChI=1S/C11H13ClN2O2/c12-10-6-5-8(7-13-15)11(14-10)16-9-3-1-2-4-9/h5-6,9H,1-4,7H2. The number of rotatable bonds is 4. The van der Waals surface area contributed by atoms with Crippen molar-refractivity contribution in [1.82, 2.24) is 4.98 Å². The van der Waals surface area contributed by atoms with Gasteiger partial charge in [0.25, 0.3) is 0 Å². The van der Waals surface area contributed by atoms with E-state index in [1.165, 1.54) is 12.8 Å². The smallest absolute Gasteiger partial charge is 0.220 e. The summed E-state index contributed by atoms with van der Waals surface area (Å²) in [6.07, 6.45) is 4.67. The molecule has 0 atom stereocenters. The first-order chi connectivity index (χ1) is 7.79. The molecule has 4 nitrogen and oxygen atoms in total. The minimum atomic E-state index is 0.0756. The fourth-order valence-electron chi connectivity index (χ4n) is 1.90. The van der Waals surface area contributed by atoms with Gasteiger partial charge in [0.05, 0.1) is 0 Å². The predicted molar refractivity (Wildman–Crippen MR) is 61.6 cm³/mol. The Bertz CT molecular complexity index is 378. The van der Waals surface area contributed by atoms with Crippen LogP contribution in [0, 0.1) is 4.91 Å². The van der Waals surface area contributed by atoms with Crippen molar-refractivity contribution in [2.24, 2.45) is 5.18 Å². The number of nitrogens with zero attached hydrogens (tertiary/aromatic N) is 2. The molecule has 1 aliphatic rings. The number of hydrogen-bond donors (Lipinski definition) is 0. The zero-order valence-corrected chi connectivity index (χ0v) is 9.61. The third kappa shape index (κ3) is 2.70. The van der Waals surface area contributed by atoms with E-state index in [-0.39, 0.29) is 12.6 Å². The van der Waals surface area contributed by atoms with Crippen molar-refractivity contribution in [2.45, 2.75) is 38.3 Å². The number of halogens is 1. The second-order valence-electron chi connectivity index (χ2n) is 3.91. The van der Waals surface area contributed by atoms with Crippen molar-refractivity contribution >= 4 is 11.6 Å². The van der Waals surface area contributed by atoms with Gasteiger partial charge in [0.15, 0.2) is 0 Å². The molecule has 0 spiro atoms. The van der Waals surface area contributed by atoms with Crippen molar-refractivity contribution < 1.29 is 4.74 Å². The molecule has 1 aromatic rings. The second kappa shape index (κ2) is 5.25. The quantitative estimate of drug-likeness (QED) is 0.599. The molecule has 5 heteroatoms. The van der Waals surface area contributed by atoms with E-state index in [2.05, 4.69) is 10.2 Å². The fourth-order valence-corrected chi connectivity index (χ4v) is 2.04. The molecule has 0 saturated heterocycles. The number of nitroso groups, excluding NO2 is 1. The summed E-state index contributed by atoms with van der Waals surface area (Å²) in [5, 5.41) is 3.24. The number of ether oxygens (including phenoxy) is 1. The minimum Gasteiger partial charge on any atom is -0.474 e. The third-order valence-electron chi connectivity index (χ3n) is 2.72. The van der Waals surface area contributed by atoms with E-state index in [0.29, 0.717) is 16.6 Å². The second-order valence-corrected chi connectivity index (χ2v) is 4.30. The predicted octanol–water partition coefficient (Wildman–Crippen LogP) is 3.32. The van der Waals surface area contributed by atoms with Gasteiger partial charge in [0.2, 0.25) is 5.88 Å². The first-order valence-electron chi connectivity index (χ1n) is 5.41. The molecule has 0 unspecified atom stereocenters. The molecule has 0 amide bonds. The molecule has 1 saturated carbocycles. The summed E-state index contributed by atoms with van der Waals surface area (Å²) in [5.41, 5.74) is 0.700. The summed E-state index contributed by atoms with van der Waals surface area (Å²) in [6, 6.07) is 3.38. The molecular weight excluding hydrogens is 228 g/mol. The SMILES string of the molecule is O=NCc1ccc(Cl)nc1OC1CCCC1. The maximum Gasteiger partial charge on any atom is 0.220 e. The van der Waals surface area contributed by atoms with E-state index >= 15 is 0 Å². The Balaban J connectivity index is 2.15. The lowest BCUT2D eigenvalue weighted by Gasteiger charge is -2.14. The van der Waals surface area contributed by atoms with Crippen LogP contribution in [-0.2, 0) is 6.54 Å². The maximum atomic E-state index is 10.3. The van der Waals surface area contributed by atoms with Crippen LogP contribution in [-0.4, -0.2) is 11.1 Å². The Morgan fingerprint density at radius 3 is 2.88 bits per heavy atom. The van der Waals surface area contributed by atoms with Crippen LogP contribution in [0.4, 0.5) is 0 Å². The summed E-state index contributed by atoms with van der Waals surface area (Å²) in [4.78, 5) is 14.4. The zero-order chi connectivity index (χ0) is 11.4. The van der Waals surface area contributed by atoms with Crippen molar-refractivity contribution in [1.29, 1.82) is 0 Å². The average molecular weight is 241 g/mol. The van der Waals surface area contributed by atoms with Gasteiger partial charge >= 0.3 is 0 Å². The summed E-state index contributed by atoms with van der Waals surface area (Å²) in [5.74, 6) is 0.457. The molecule has 86 valence electrons. The molecule has 2 rings (SSSR count). The van der Waals surface area contributed by atoms with Crippen molar-refractivity contribution in [3.63, 3.8) is 0 Å². The topological polar surface area (TPSA) is 51.5 Å². The molecule has 0 bridgehead atoms. The van der Waals surface area contributed by atoms with Crippen LogP contribution in [0.15, 0.2) is 17.3 Å². The minimum absolute atomic E-state index is 0.0756. The van der Waals surface area contributed by atoms with Crippen molar-refractivity contribution in [3.8, 4) is 5.88 Å². The van der Waals surface area contributed by atoms with Gasteiger partial charge in [0.1, 0.15) is 17.8 Å². The summed E-state index contributed by atoms with van der Waals surface area (Å²) in [6.45, 7) is 0.0756. The lowest BCUT2D eigenvalue weighted by molar-refractivity contribution is 0.199. The summed E-state index contributed by atoms with van der Waals surface area (Å²) in [7, 11) is 0. The molecule has 0 aromatic carbocycles. The normalized spacial score (nSPS) is 16.3. The van der Waals surface area contributed by atoms with Gasteiger partial charge < -0.3 is 4.74 Å². The van der Waals surface area contributed by atoms with Crippen LogP contribution >= 0.6 is 11.6 Å². The first-order valence-corrected chi connectivity index (χ1v) is 5.78. The van der Waals surface area contributed by atoms with E-state index in [9.17, 15) is 4.91 Å². The van der Waals surface area contributed by atoms with E-state index < -0.39 is 0 Å². The Kier molecular flexibility index (Phi) is 3.72. The average Bonchev–Trinajstić information content (AvgIpc) is 2.75. The van der Waals surface area contributed by atoms with Crippen LogP contribution < -0.4 is 4.74 Å². The van der Waals surface area contributed by atoms with E-state index in [4.69, 9.17) is 16.3 Å².